The number of hydrogen-bond donors (Lipinski definition) is 1. The molecule has 2 heterocycles. The normalized spacial score (nSPS) is 12.4. The summed E-state index contributed by atoms with van der Waals surface area (Å²) in [5.41, 5.74) is 3.38. The highest BCUT2D eigenvalue weighted by Crippen LogP contribution is 2.32. The van der Waals surface area contributed by atoms with E-state index in [1.807, 2.05) is 0 Å². The summed E-state index contributed by atoms with van der Waals surface area (Å²) in [5.74, 6) is 4.04. The average Bonchev–Trinajstić information content (AvgIpc) is 2.67. The van der Waals surface area contributed by atoms with Crippen molar-refractivity contribution in [1.29, 1.82) is 0 Å². The molecule has 0 aliphatic heterocycles. The molecule has 1 atom stereocenters. The van der Waals surface area contributed by atoms with Crippen molar-refractivity contribution in [2.45, 2.75) is 38.0 Å². The molecule has 0 saturated heterocycles. The molecule has 3 aromatic rings. The van der Waals surface area contributed by atoms with Crippen LogP contribution < -0.4 is 4.72 Å². The molecule has 0 aliphatic carbocycles. The predicted molar refractivity (Wildman–Crippen MR) is 123 cm³/mol. The van der Waals surface area contributed by atoms with Crippen molar-refractivity contribution in [3.8, 4) is 0 Å². The van der Waals surface area contributed by atoms with E-state index in [1.165, 1.54) is 11.8 Å². The van der Waals surface area contributed by atoms with Crippen LogP contribution in [0.2, 0.25) is 5.02 Å². The predicted octanol–water partition coefficient (Wildman–Crippen LogP) is 6.05. The van der Waals surface area contributed by atoms with Crippen LogP contribution >= 0.6 is 22.3 Å². The van der Waals surface area contributed by atoms with Gasteiger partial charge in [-0.05, 0) is 48.2 Å². The van der Waals surface area contributed by atoms with E-state index < -0.39 is 10.7 Å². The quantitative estimate of drug-likeness (QED) is 0.399. The van der Waals surface area contributed by atoms with Crippen molar-refractivity contribution < 1.29 is 4.79 Å². The van der Waals surface area contributed by atoms with Crippen LogP contribution in [0.3, 0.4) is 0 Å². The fourth-order valence-corrected chi connectivity index (χ4v) is 4.02. The molecule has 3 rings (SSSR count). The molecule has 0 bridgehead atoms. The number of ketones is 1. The molecule has 150 valence electrons. The molecule has 0 radical (unpaired) electrons. The zero-order valence-electron chi connectivity index (χ0n) is 17.0. The Balaban J connectivity index is 1.91. The van der Waals surface area contributed by atoms with Gasteiger partial charge in [0.05, 0.1) is 10.7 Å². The van der Waals surface area contributed by atoms with Gasteiger partial charge >= 0.3 is 0 Å². The average molecular weight is 426 g/mol. The third-order valence-electron chi connectivity index (χ3n) is 4.56. The molecule has 4 nitrogen and oxygen atoms in total. The lowest BCUT2D eigenvalue weighted by Crippen LogP contribution is -2.11. The number of benzene rings is 1. The summed E-state index contributed by atoms with van der Waals surface area (Å²) in [5, 5.41) is 0.451. The van der Waals surface area contributed by atoms with Crippen LogP contribution in [0.1, 0.15) is 48.1 Å². The number of pyridine rings is 2. The molecule has 1 aromatic carbocycles. The lowest BCUT2D eigenvalue weighted by Gasteiger charge is -2.20. The first-order valence-electron chi connectivity index (χ1n) is 9.20. The number of halogens is 1. The second-order valence-corrected chi connectivity index (χ2v) is 9.68. The lowest BCUT2D eigenvalue weighted by atomic mass is 9.87. The highest BCUT2D eigenvalue weighted by Gasteiger charge is 2.19. The number of anilines is 1. The minimum atomic E-state index is -0.583. The molecule has 2 aromatic heterocycles. The molecular weight excluding hydrogens is 402 g/mol. The van der Waals surface area contributed by atoms with E-state index in [9.17, 15) is 4.79 Å². The fraction of sp³-hybridized carbons (Fsp3) is 0.217. The van der Waals surface area contributed by atoms with Gasteiger partial charge in [0.1, 0.15) is 5.69 Å². The van der Waals surface area contributed by atoms with E-state index in [1.54, 1.807) is 31.3 Å². The van der Waals surface area contributed by atoms with E-state index in [2.05, 4.69) is 65.6 Å². The maximum Gasteiger partial charge on any atom is 0.215 e. The Morgan fingerprint density at radius 1 is 1.14 bits per heavy atom. The van der Waals surface area contributed by atoms with Crippen LogP contribution in [-0.4, -0.2) is 21.6 Å². The molecule has 0 aliphatic rings. The standard InChI is InChI=1S/C23H24ClN3OS/c1-15-19(7-6-12-25-15)22(28)21-20(13-17(24)14-26-21)27-29(5)18-10-8-16(9-11-18)23(2,3)4/h6-14,27H,5H2,1-4H3. The largest absolute Gasteiger partial charge is 0.330 e. The van der Waals surface area contributed by atoms with E-state index in [0.717, 1.165) is 4.90 Å². The minimum Gasteiger partial charge on any atom is -0.330 e. The van der Waals surface area contributed by atoms with Gasteiger partial charge in [-0.15, -0.1) is 0 Å². The van der Waals surface area contributed by atoms with Gasteiger partial charge in [0.25, 0.3) is 0 Å². The smallest absolute Gasteiger partial charge is 0.215 e. The summed E-state index contributed by atoms with van der Waals surface area (Å²) in [6, 6.07) is 13.6. The molecule has 6 heteroatoms. The first-order valence-corrected chi connectivity index (χ1v) is 11.0. The lowest BCUT2D eigenvalue weighted by molar-refractivity contribution is 0.103. The fourth-order valence-electron chi connectivity index (χ4n) is 2.86. The molecule has 0 spiro atoms. The summed E-state index contributed by atoms with van der Waals surface area (Å²) in [6.45, 7) is 8.35. The number of aromatic nitrogens is 2. The summed E-state index contributed by atoms with van der Waals surface area (Å²) in [4.78, 5) is 22.6. The number of hydrogen-bond acceptors (Lipinski definition) is 4. The Bertz CT molecular complexity index is 1070. The molecule has 1 unspecified atom stereocenters. The Kier molecular flexibility index (Phi) is 6.20. The first-order chi connectivity index (χ1) is 13.7. The Hall–Kier alpha value is -2.50. The number of nitrogens with zero attached hydrogens (tertiary/aromatic N) is 2. The molecular formula is C23H24ClN3OS. The van der Waals surface area contributed by atoms with Crippen molar-refractivity contribution in [1.82, 2.24) is 9.97 Å². The van der Waals surface area contributed by atoms with E-state index in [-0.39, 0.29) is 11.2 Å². The third kappa shape index (κ3) is 4.92. The van der Waals surface area contributed by atoms with Gasteiger partial charge in [-0.25, -0.2) is 4.98 Å². The SMILES string of the molecule is C=S(Nc1cc(Cl)cnc1C(=O)c1cccnc1C)c1ccc(C(C)(C)C)cc1. The van der Waals surface area contributed by atoms with Gasteiger partial charge in [0.2, 0.25) is 5.78 Å². The molecule has 29 heavy (non-hydrogen) atoms. The Labute approximate surface area is 179 Å². The van der Waals surface area contributed by atoms with Crippen molar-refractivity contribution in [3.63, 3.8) is 0 Å². The van der Waals surface area contributed by atoms with Crippen LogP contribution in [0.4, 0.5) is 5.69 Å². The van der Waals surface area contributed by atoms with Gasteiger partial charge in [-0.3, -0.25) is 9.78 Å². The maximum atomic E-state index is 13.1. The number of nitrogens with one attached hydrogen (secondary N) is 1. The van der Waals surface area contributed by atoms with E-state index >= 15 is 0 Å². The van der Waals surface area contributed by atoms with E-state index in [0.29, 0.717) is 27.7 Å². The summed E-state index contributed by atoms with van der Waals surface area (Å²) in [6.07, 6.45) is 3.14. The third-order valence-corrected chi connectivity index (χ3v) is 6.07. The Morgan fingerprint density at radius 3 is 2.45 bits per heavy atom. The summed E-state index contributed by atoms with van der Waals surface area (Å²) < 4.78 is 3.32. The van der Waals surface area contributed by atoms with Crippen LogP contribution in [0.25, 0.3) is 0 Å². The van der Waals surface area contributed by atoms with E-state index in [4.69, 9.17) is 11.6 Å². The number of carbonyl (C=O) groups is 1. The zero-order valence-corrected chi connectivity index (χ0v) is 18.6. The summed E-state index contributed by atoms with van der Waals surface area (Å²) in [7, 11) is -0.583. The monoisotopic (exact) mass is 425 g/mol. The number of carbonyl (C=O) groups excluding carboxylic acids is 1. The van der Waals surface area contributed by atoms with Crippen molar-refractivity contribution in [2.75, 3.05) is 4.72 Å². The van der Waals surface area contributed by atoms with Gasteiger partial charge in [0.15, 0.2) is 0 Å². The summed E-state index contributed by atoms with van der Waals surface area (Å²) >= 11 is 6.16. The molecule has 0 fully saturated rings. The van der Waals surface area contributed by atoms with Crippen molar-refractivity contribution >= 4 is 39.6 Å². The second-order valence-electron chi connectivity index (χ2n) is 7.78. The van der Waals surface area contributed by atoms with Gasteiger partial charge in [0, 0.05) is 28.5 Å². The van der Waals surface area contributed by atoms with Gasteiger partial charge < -0.3 is 4.72 Å². The Morgan fingerprint density at radius 2 is 1.83 bits per heavy atom. The van der Waals surface area contributed by atoms with Crippen LogP contribution in [0.5, 0.6) is 0 Å². The van der Waals surface area contributed by atoms with Crippen LogP contribution in [0, 0.1) is 6.92 Å². The number of aryl methyl sites for hydroxylation is 1. The van der Waals surface area contributed by atoms with Crippen molar-refractivity contribution in [2.24, 2.45) is 0 Å². The highest BCUT2D eigenvalue weighted by atomic mass is 35.5. The van der Waals surface area contributed by atoms with Crippen LogP contribution in [0.15, 0.2) is 59.8 Å². The maximum absolute atomic E-state index is 13.1. The topological polar surface area (TPSA) is 54.9 Å². The molecule has 1 N–H and O–H groups in total. The van der Waals surface area contributed by atoms with Crippen LogP contribution in [-0.2, 0) is 5.41 Å². The first kappa shape index (κ1) is 21.2. The molecule has 0 amide bonds. The van der Waals surface area contributed by atoms with Gasteiger partial charge in [-0.2, -0.15) is 0 Å². The number of rotatable bonds is 5. The second kappa shape index (κ2) is 8.47. The highest BCUT2D eigenvalue weighted by molar-refractivity contribution is 8.15. The minimum absolute atomic E-state index is 0.0871. The van der Waals surface area contributed by atoms with Gasteiger partial charge in [-0.1, -0.05) is 61.0 Å². The molecule has 0 saturated carbocycles. The van der Waals surface area contributed by atoms with Crippen molar-refractivity contribution in [3.05, 3.63) is 82.4 Å². The zero-order chi connectivity index (χ0) is 21.2.